The number of halogens is 3. The third-order valence-corrected chi connectivity index (χ3v) is 2.97. The lowest BCUT2D eigenvalue weighted by atomic mass is 10.3. The number of thiazole rings is 1. The Morgan fingerprint density at radius 2 is 2.22 bits per heavy atom. The summed E-state index contributed by atoms with van der Waals surface area (Å²) in [5.74, 6) is -0.448. The average Bonchev–Trinajstić information content (AvgIpc) is 2.72. The second kappa shape index (κ2) is 6.69. The van der Waals surface area contributed by atoms with Gasteiger partial charge in [0.05, 0.1) is 5.01 Å². The number of carbonyl (C=O) groups is 1. The molecule has 18 heavy (non-hydrogen) atoms. The minimum atomic E-state index is -4.18. The van der Waals surface area contributed by atoms with E-state index >= 15 is 0 Å². The second-order valence-corrected chi connectivity index (χ2v) is 4.58. The number of carbonyl (C=O) groups excluding carboxylic acids is 1. The molecule has 0 aromatic carbocycles. The summed E-state index contributed by atoms with van der Waals surface area (Å²) in [5.41, 5.74) is 5.58. The summed E-state index contributed by atoms with van der Waals surface area (Å²) >= 11 is 1.31. The molecule has 1 aromatic heterocycles. The van der Waals surface area contributed by atoms with E-state index in [2.05, 4.69) is 10.3 Å². The first-order chi connectivity index (χ1) is 8.42. The van der Waals surface area contributed by atoms with E-state index in [0.717, 1.165) is 5.01 Å². The Morgan fingerprint density at radius 3 is 2.83 bits per heavy atom. The maximum Gasteiger partial charge on any atom is 0.389 e. The highest BCUT2D eigenvalue weighted by Gasteiger charge is 2.26. The van der Waals surface area contributed by atoms with E-state index in [-0.39, 0.29) is 18.7 Å². The first-order valence-electron chi connectivity index (χ1n) is 5.42. The lowest BCUT2D eigenvalue weighted by molar-refractivity contribution is -0.135. The van der Waals surface area contributed by atoms with Crippen LogP contribution in [0.15, 0.2) is 5.38 Å². The molecule has 1 amide bonds. The lowest BCUT2D eigenvalue weighted by Crippen LogP contribution is -2.25. The fraction of sp³-hybridized carbons (Fsp3) is 0.600. The summed E-state index contributed by atoms with van der Waals surface area (Å²) in [7, 11) is 0. The first kappa shape index (κ1) is 14.9. The maximum absolute atomic E-state index is 11.9. The summed E-state index contributed by atoms with van der Waals surface area (Å²) in [6.07, 6.45) is -4.62. The molecule has 1 aromatic rings. The van der Waals surface area contributed by atoms with Crippen LogP contribution in [0.5, 0.6) is 0 Å². The van der Waals surface area contributed by atoms with Crippen LogP contribution in [0.3, 0.4) is 0 Å². The van der Waals surface area contributed by atoms with Crippen LogP contribution in [0.4, 0.5) is 13.2 Å². The number of nitrogens with two attached hydrogens (primary N) is 1. The van der Waals surface area contributed by atoms with Gasteiger partial charge in [0.2, 0.25) is 0 Å². The van der Waals surface area contributed by atoms with E-state index in [4.69, 9.17) is 5.73 Å². The van der Waals surface area contributed by atoms with Gasteiger partial charge in [-0.25, -0.2) is 4.98 Å². The van der Waals surface area contributed by atoms with E-state index in [1.807, 2.05) is 0 Å². The van der Waals surface area contributed by atoms with E-state index in [1.165, 1.54) is 11.3 Å². The third-order valence-electron chi connectivity index (χ3n) is 2.07. The van der Waals surface area contributed by atoms with Crippen molar-refractivity contribution in [2.45, 2.75) is 25.4 Å². The molecule has 0 aliphatic carbocycles. The van der Waals surface area contributed by atoms with Gasteiger partial charge >= 0.3 is 6.18 Å². The molecule has 0 spiro atoms. The van der Waals surface area contributed by atoms with Crippen LogP contribution in [0.1, 0.15) is 28.3 Å². The molecular weight excluding hydrogens is 267 g/mol. The number of alkyl halides is 3. The quantitative estimate of drug-likeness (QED) is 0.780. The third kappa shape index (κ3) is 5.46. The Bertz CT molecular complexity index is 392. The fourth-order valence-corrected chi connectivity index (χ4v) is 2.03. The number of hydrogen-bond donors (Lipinski definition) is 2. The van der Waals surface area contributed by atoms with Crippen LogP contribution in [0.25, 0.3) is 0 Å². The predicted octanol–water partition coefficient (Wildman–Crippen LogP) is 1.72. The van der Waals surface area contributed by atoms with Gasteiger partial charge in [-0.05, 0) is 13.0 Å². The molecular formula is C10H14F3N3OS. The van der Waals surface area contributed by atoms with Crippen LogP contribution in [-0.4, -0.2) is 30.2 Å². The van der Waals surface area contributed by atoms with Crippen molar-refractivity contribution in [3.63, 3.8) is 0 Å². The molecule has 102 valence electrons. The van der Waals surface area contributed by atoms with Crippen LogP contribution < -0.4 is 11.1 Å². The normalized spacial score (nSPS) is 11.6. The Kier molecular flexibility index (Phi) is 5.54. The Labute approximate surface area is 106 Å². The minimum absolute atomic E-state index is 0.0118. The van der Waals surface area contributed by atoms with Gasteiger partial charge < -0.3 is 11.1 Å². The van der Waals surface area contributed by atoms with Crippen molar-refractivity contribution in [3.05, 3.63) is 16.1 Å². The van der Waals surface area contributed by atoms with Crippen molar-refractivity contribution >= 4 is 17.2 Å². The number of hydrogen-bond acceptors (Lipinski definition) is 4. The number of aromatic nitrogens is 1. The molecule has 0 unspecified atom stereocenters. The standard InChI is InChI=1S/C10H14F3N3OS/c11-10(12,13)3-1-5-15-9(17)7-6-18-8(16-7)2-4-14/h6H,1-5,14H2,(H,15,17). The van der Waals surface area contributed by atoms with Crippen LogP contribution in [0, 0.1) is 0 Å². The Hall–Kier alpha value is -1.15. The molecule has 0 atom stereocenters. The van der Waals surface area contributed by atoms with Gasteiger partial charge in [-0.1, -0.05) is 0 Å². The van der Waals surface area contributed by atoms with E-state index in [0.29, 0.717) is 13.0 Å². The predicted molar refractivity (Wildman–Crippen MR) is 62.5 cm³/mol. The van der Waals surface area contributed by atoms with Gasteiger partial charge in [0.25, 0.3) is 5.91 Å². The summed E-state index contributed by atoms with van der Waals surface area (Å²) in [6, 6.07) is 0. The Balaban J connectivity index is 2.31. The van der Waals surface area contributed by atoms with Gasteiger partial charge in [-0.3, -0.25) is 4.79 Å². The molecule has 0 bridgehead atoms. The monoisotopic (exact) mass is 281 g/mol. The van der Waals surface area contributed by atoms with Gasteiger partial charge in [-0.2, -0.15) is 13.2 Å². The van der Waals surface area contributed by atoms with Crippen molar-refractivity contribution in [2.24, 2.45) is 5.73 Å². The average molecular weight is 281 g/mol. The number of rotatable bonds is 6. The minimum Gasteiger partial charge on any atom is -0.351 e. The summed E-state index contributed by atoms with van der Waals surface area (Å²) in [5, 5.41) is 4.72. The van der Waals surface area contributed by atoms with Crippen LogP contribution in [0.2, 0.25) is 0 Å². The molecule has 0 fully saturated rings. The molecule has 0 aliphatic heterocycles. The molecule has 1 rings (SSSR count). The largest absolute Gasteiger partial charge is 0.389 e. The van der Waals surface area contributed by atoms with Crippen molar-refractivity contribution in [3.8, 4) is 0 Å². The lowest BCUT2D eigenvalue weighted by Gasteiger charge is -2.06. The summed E-state index contributed by atoms with van der Waals surface area (Å²) < 4.78 is 35.6. The molecule has 4 nitrogen and oxygen atoms in total. The zero-order valence-corrected chi connectivity index (χ0v) is 10.4. The fourth-order valence-electron chi connectivity index (χ4n) is 1.23. The molecule has 0 saturated heterocycles. The van der Waals surface area contributed by atoms with Crippen LogP contribution in [-0.2, 0) is 6.42 Å². The molecule has 0 saturated carbocycles. The van der Waals surface area contributed by atoms with E-state index < -0.39 is 18.5 Å². The first-order valence-corrected chi connectivity index (χ1v) is 6.30. The van der Waals surface area contributed by atoms with Gasteiger partial charge in [0.1, 0.15) is 5.69 Å². The smallest absolute Gasteiger partial charge is 0.351 e. The molecule has 1 heterocycles. The highest BCUT2D eigenvalue weighted by Crippen LogP contribution is 2.20. The van der Waals surface area contributed by atoms with E-state index in [9.17, 15) is 18.0 Å². The van der Waals surface area contributed by atoms with Crippen molar-refractivity contribution in [1.82, 2.24) is 10.3 Å². The van der Waals surface area contributed by atoms with Crippen molar-refractivity contribution < 1.29 is 18.0 Å². The van der Waals surface area contributed by atoms with Crippen molar-refractivity contribution in [2.75, 3.05) is 13.1 Å². The SMILES string of the molecule is NCCc1nc(C(=O)NCCCC(F)(F)F)cs1. The molecule has 8 heteroatoms. The highest BCUT2D eigenvalue weighted by atomic mass is 32.1. The highest BCUT2D eigenvalue weighted by molar-refractivity contribution is 7.09. The zero-order chi connectivity index (χ0) is 13.6. The van der Waals surface area contributed by atoms with Gasteiger partial charge in [-0.15, -0.1) is 11.3 Å². The number of nitrogens with one attached hydrogen (secondary N) is 1. The van der Waals surface area contributed by atoms with Gasteiger partial charge in [0.15, 0.2) is 0 Å². The zero-order valence-electron chi connectivity index (χ0n) is 9.59. The summed E-state index contributed by atoms with van der Waals surface area (Å²) in [6.45, 7) is 0.433. The molecule has 0 radical (unpaired) electrons. The molecule has 0 aliphatic rings. The van der Waals surface area contributed by atoms with Crippen LogP contribution >= 0.6 is 11.3 Å². The molecule has 3 N–H and O–H groups in total. The number of amides is 1. The second-order valence-electron chi connectivity index (χ2n) is 3.64. The summed E-state index contributed by atoms with van der Waals surface area (Å²) in [4.78, 5) is 15.5. The van der Waals surface area contributed by atoms with Crippen molar-refractivity contribution in [1.29, 1.82) is 0 Å². The van der Waals surface area contributed by atoms with E-state index in [1.54, 1.807) is 5.38 Å². The maximum atomic E-state index is 11.9. The number of nitrogens with zero attached hydrogens (tertiary/aromatic N) is 1. The van der Waals surface area contributed by atoms with Gasteiger partial charge in [0, 0.05) is 24.8 Å². The topological polar surface area (TPSA) is 68.0 Å². The Morgan fingerprint density at radius 1 is 1.50 bits per heavy atom.